The zero-order valence-corrected chi connectivity index (χ0v) is 12.3. The lowest BCUT2D eigenvalue weighted by atomic mass is 10.1. The number of ether oxygens (including phenoxy) is 4. The van der Waals surface area contributed by atoms with Gasteiger partial charge in [0.2, 0.25) is 0 Å². The second-order valence-corrected chi connectivity index (χ2v) is 4.12. The number of esters is 1. The van der Waals surface area contributed by atoms with Gasteiger partial charge in [-0.05, 0) is 25.0 Å². The quantitative estimate of drug-likeness (QED) is 0.513. The van der Waals surface area contributed by atoms with E-state index in [1.54, 1.807) is 7.11 Å². The van der Waals surface area contributed by atoms with Crippen LogP contribution in [-0.2, 0) is 20.7 Å². The fourth-order valence-electron chi connectivity index (χ4n) is 1.70. The van der Waals surface area contributed by atoms with Gasteiger partial charge in [0.1, 0.15) is 18.1 Å². The summed E-state index contributed by atoms with van der Waals surface area (Å²) in [6.45, 7) is 3.51. The highest BCUT2D eigenvalue weighted by atomic mass is 16.5. The lowest BCUT2D eigenvalue weighted by Gasteiger charge is -2.12. The molecule has 0 aliphatic rings. The molecule has 0 amide bonds. The first-order valence-electron chi connectivity index (χ1n) is 6.65. The van der Waals surface area contributed by atoms with Crippen LogP contribution in [0.3, 0.4) is 0 Å². The molecule has 0 unspecified atom stereocenters. The van der Waals surface area contributed by atoms with Gasteiger partial charge in [-0.3, -0.25) is 4.79 Å². The number of hydrogen-bond acceptors (Lipinski definition) is 5. The minimum absolute atomic E-state index is 0.229. The lowest BCUT2D eigenvalue weighted by Crippen LogP contribution is -2.06. The van der Waals surface area contributed by atoms with Crippen molar-refractivity contribution in [2.24, 2.45) is 0 Å². The van der Waals surface area contributed by atoms with Gasteiger partial charge >= 0.3 is 5.97 Å². The Hall–Kier alpha value is -1.75. The molecule has 0 spiro atoms. The van der Waals surface area contributed by atoms with E-state index in [2.05, 4.69) is 4.74 Å². The zero-order valence-electron chi connectivity index (χ0n) is 12.3. The van der Waals surface area contributed by atoms with Crippen molar-refractivity contribution in [1.29, 1.82) is 0 Å². The van der Waals surface area contributed by atoms with Crippen LogP contribution in [0, 0.1) is 0 Å². The molecule has 0 aliphatic carbocycles. The molecule has 112 valence electrons. The lowest BCUT2D eigenvalue weighted by molar-refractivity contribution is -0.140. The maximum Gasteiger partial charge on any atom is 0.305 e. The Bertz CT molecular complexity index is 417. The van der Waals surface area contributed by atoms with Crippen molar-refractivity contribution >= 4 is 5.97 Å². The summed E-state index contributed by atoms with van der Waals surface area (Å²) in [7, 11) is 3.02. The van der Waals surface area contributed by atoms with Gasteiger partial charge in [0.25, 0.3) is 0 Å². The molecule has 20 heavy (non-hydrogen) atoms. The van der Waals surface area contributed by atoms with Crippen molar-refractivity contribution in [2.45, 2.75) is 19.8 Å². The van der Waals surface area contributed by atoms with Gasteiger partial charge in [0.05, 0.1) is 20.3 Å². The number of methoxy groups -OCH3 is 2. The van der Waals surface area contributed by atoms with Crippen LogP contribution >= 0.6 is 0 Å². The standard InChI is InChI=1S/C15H22O5/c1-4-19-14-11-13(20-10-9-17-2)7-5-12(14)6-8-15(16)18-3/h5,7,11H,4,6,8-10H2,1-3H3. The molecule has 1 aromatic rings. The molecule has 1 aromatic carbocycles. The Morgan fingerprint density at radius 3 is 2.60 bits per heavy atom. The molecular formula is C15H22O5. The van der Waals surface area contributed by atoms with Crippen LogP contribution in [0.15, 0.2) is 18.2 Å². The van der Waals surface area contributed by atoms with Crippen LogP contribution in [0.4, 0.5) is 0 Å². The topological polar surface area (TPSA) is 54.0 Å². The van der Waals surface area contributed by atoms with Gasteiger partial charge in [-0.25, -0.2) is 0 Å². The normalized spacial score (nSPS) is 10.2. The van der Waals surface area contributed by atoms with Crippen molar-refractivity contribution < 1.29 is 23.7 Å². The number of aryl methyl sites for hydroxylation is 1. The van der Waals surface area contributed by atoms with Crippen LogP contribution in [0.2, 0.25) is 0 Å². The van der Waals surface area contributed by atoms with Crippen molar-refractivity contribution in [3.05, 3.63) is 23.8 Å². The minimum Gasteiger partial charge on any atom is -0.493 e. The van der Waals surface area contributed by atoms with Gasteiger partial charge in [-0.1, -0.05) is 6.07 Å². The van der Waals surface area contributed by atoms with E-state index >= 15 is 0 Å². The third kappa shape index (κ3) is 5.48. The van der Waals surface area contributed by atoms with E-state index in [0.717, 1.165) is 17.1 Å². The maximum atomic E-state index is 11.2. The predicted octanol–water partition coefficient (Wildman–Crippen LogP) is 2.22. The maximum absolute atomic E-state index is 11.2. The largest absolute Gasteiger partial charge is 0.493 e. The molecule has 0 heterocycles. The van der Waals surface area contributed by atoms with Gasteiger partial charge in [0.15, 0.2) is 0 Å². The van der Waals surface area contributed by atoms with Crippen molar-refractivity contribution in [2.75, 3.05) is 34.0 Å². The summed E-state index contributed by atoms with van der Waals surface area (Å²) in [5, 5.41) is 0. The summed E-state index contributed by atoms with van der Waals surface area (Å²) in [5.74, 6) is 1.24. The van der Waals surface area contributed by atoms with Gasteiger partial charge < -0.3 is 18.9 Å². The average molecular weight is 282 g/mol. The van der Waals surface area contributed by atoms with Crippen LogP contribution < -0.4 is 9.47 Å². The Morgan fingerprint density at radius 1 is 1.15 bits per heavy atom. The molecule has 0 N–H and O–H groups in total. The molecule has 0 bridgehead atoms. The molecule has 0 fully saturated rings. The summed E-state index contributed by atoms with van der Waals surface area (Å²) < 4.78 is 20.7. The SMILES string of the molecule is CCOc1cc(OCCOC)ccc1CCC(=O)OC. The third-order valence-electron chi connectivity index (χ3n) is 2.72. The second kappa shape index (κ2) is 9.20. The van der Waals surface area contributed by atoms with Crippen LogP contribution in [0.25, 0.3) is 0 Å². The van der Waals surface area contributed by atoms with Crippen molar-refractivity contribution in [3.63, 3.8) is 0 Å². The summed E-state index contributed by atoms with van der Waals surface area (Å²) in [6, 6.07) is 5.62. The highest BCUT2D eigenvalue weighted by molar-refractivity contribution is 5.69. The number of carbonyl (C=O) groups excluding carboxylic acids is 1. The highest BCUT2D eigenvalue weighted by Crippen LogP contribution is 2.26. The van der Waals surface area contributed by atoms with E-state index < -0.39 is 0 Å². The summed E-state index contributed by atoms with van der Waals surface area (Å²) in [6.07, 6.45) is 0.917. The van der Waals surface area contributed by atoms with E-state index in [1.165, 1.54) is 7.11 Å². The van der Waals surface area contributed by atoms with Gasteiger partial charge in [-0.2, -0.15) is 0 Å². The first kappa shape index (κ1) is 16.3. The van der Waals surface area contributed by atoms with Gasteiger partial charge in [-0.15, -0.1) is 0 Å². The number of rotatable bonds is 9. The monoisotopic (exact) mass is 282 g/mol. The molecule has 5 nitrogen and oxygen atoms in total. The number of carbonyl (C=O) groups is 1. The molecule has 0 aliphatic heterocycles. The molecule has 1 rings (SSSR count). The molecule has 0 saturated carbocycles. The first-order chi connectivity index (χ1) is 9.71. The van der Waals surface area contributed by atoms with E-state index in [9.17, 15) is 4.79 Å². The van der Waals surface area contributed by atoms with Crippen LogP contribution in [0.5, 0.6) is 11.5 Å². The molecule has 0 aromatic heterocycles. The third-order valence-corrected chi connectivity index (χ3v) is 2.72. The Balaban J connectivity index is 2.70. The zero-order chi connectivity index (χ0) is 14.8. The Kier molecular flexibility index (Phi) is 7.50. The van der Waals surface area contributed by atoms with E-state index in [1.807, 2.05) is 25.1 Å². The van der Waals surface area contributed by atoms with Crippen molar-refractivity contribution in [1.82, 2.24) is 0 Å². The van der Waals surface area contributed by atoms with E-state index in [4.69, 9.17) is 14.2 Å². The first-order valence-corrected chi connectivity index (χ1v) is 6.65. The molecule has 0 radical (unpaired) electrons. The van der Waals surface area contributed by atoms with Crippen LogP contribution in [0.1, 0.15) is 18.9 Å². The predicted molar refractivity (Wildman–Crippen MR) is 75.3 cm³/mol. The van der Waals surface area contributed by atoms with E-state index in [0.29, 0.717) is 32.7 Å². The molecule has 0 saturated heterocycles. The van der Waals surface area contributed by atoms with Gasteiger partial charge in [0, 0.05) is 19.6 Å². The Morgan fingerprint density at radius 2 is 1.95 bits per heavy atom. The summed E-state index contributed by atoms with van der Waals surface area (Å²) >= 11 is 0. The number of benzene rings is 1. The van der Waals surface area contributed by atoms with E-state index in [-0.39, 0.29) is 5.97 Å². The Labute approximate surface area is 119 Å². The molecule has 5 heteroatoms. The average Bonchev–Trinajstić information content (AvgIpc) is 2.46. The fourth-order valence-corrected chi connectivity index (χ4v) is 1.70. The second-order valence-electron chi connectivity index (χ2n) is 4.12. The van der Waals surface area contributed by atoms with Crippen LogP contribution in [-0.4, -0.2) is 40.0 Å². The van der Waals surface area contributed by atoms with Crippen molar-refractivity contribution in [3.8, 4) is 11.5 Å². The molecule has 0 atom stereocenters. The minimum atomic E-state index is -0.229. The smallest absolute Gasteiger partial charge is 0.305 e. The summed E-state index contributed by atoms with van der Waals surface area (Å²) in [5.41, 5.74) is 0.969. The number of hydrogen-bond donors (Lipinski definition) is 0. The highest BCUT2D eigenvalue weighted by Gasteiger charge is 2.09. The molecular weight excluding hydrogens is 260 g/mol. The summed E-state index contributed by atoms with van der Waals surface area (Å²) in [4.78, 5) is 11.2. The fraction of sp³-hybridized carbons (Fsp3) is 0.533.